The molecule has 0 unspecified atom stereocenters. The fourth-order valence-electron chi connectivity index (χ4n) is 3.69. The lowest BCUT2D eigenvalue weighted by Crippen LogP contribution is -2.30. The first-order valence-corrected chi connectivity index (χ1v) is 9.76. The molecule has 0 spiro atoms. The highest BCUT2D eigenvalue weighted by atomic mass is 19.1. The van der Waals surface area contributed by atoms with Crippen LogP contribution in [0.2, 0.25) is 0 Å². The molecule has 4 rings (SSSR count). The molecule has 0 bridgehead atoms. The number of ether oxygens (including phenoxy) is 3. The monoisotopic (exact) mass is 427 g/mol. The van der Waals surface area contributed by atoms with Crippen molar-refractivity contribution in [3.8, 4) is 28.6 Å². The van der Waals surface area contributed by atoms with Crippen molar-refractivity contribution in [2.24, 2.45) is 0 Å². The lowest BCUT2D eigenvalue weighted by molar-refractivity contribution is 0.0709. The highest BCUT2D eigenvalue weighted by Crippen LogP contribution is 2.35. The number of aromatic nitrogens is 2. The van der Waals surface area contributed by atoms with Crippen molar-refractivity contribution in [3.63, 3.8) is 0 Å². The van der Waals surface area contributed by atoms with E-state index in [1.807, 2.05) is 0 Å². The lowest BCUT2D eigenvalue weighted by Gasteiger charge is -2.22. The van der Waals surface area contributed by atoms with Crippen LogP contribution in [0, 0.1) is 5.82 Å². The smallest absolute Gasteiger partial charge is 0.254 e. The number of halogens is 1. The van der Waals surface area contributed by atoms with Crippen LogP contribution < -0.4 is 14.2 Å². The van der Waals surface area contributed by atoms with Crippen molar-refractivity contribution in [1.29, 1.82) is 0 Å². The Kier molecular flexibility index (Phi) is 5.75. The third-order valence-electron chi connectivity index (χ3n) is 5.28. The highest BCUT2D eigenvalue weighted by molar-refractivity contribution is 5.94. The van der Waals surface area contributed by atoms with E-state index in [1.54, 1.807) is 43.4 Å². The number of carbonyl (C=O) groups is 1. The third-order valence-corrected chi connectivity index (χ3v) is 5.28. The van der Waals surface area contributed by atoms with Crippen LogP contribution in [0.3, 0.4) is 0 Å². The maximum atomic E-state index is 14.1. The zero-order chi connectivity index (χ0) is 22.0. The predicted octanol–water partition coefficient (Wildman–Crippen LogP) is 3.88. The van der Waals surface area contributed by atoms with E-state index in [2.05, 4.69) is 10.1 Å². The molecular weight excluding hydrogens is 405 g/mol. The van der Waals surface area contributed by atoms with Crippen LogP contribution in [0.1, 0.15) is 35.1 Å². The Balaban J connectivity index is 1.58. The minimum atomic E-state index is -0.586. The molecule has 0 N–H and O–H groups in total. The summed E-state index contributed by atoms with van der Waals surface area (Å²) in [5.41, 5.74) is 0.936. The van der Waals surface area contributed by atoms with Crippen LogP contribution >= 0.6 is 0 Å². The van der Waals surface area contributed by atoms with E-state index in [0.717, 1.165) is 6.42 Å². The summed E-state index contributed by atoms with van der Waals surface area (Å²) in [6, 6.07) is 9.10. The van der Waals surface area contributed by atoms with Crippen molar-refractivity contribution >= 4 is 5.91 Å². The van der Waals surface area contributed by atoms with Crippen LogP contribution in [-0.2, 0) is 0 Å². The summed E-state index contributed by atoms with van der Waals surface area (Å²) in [4.78, 5) is 19.1. The molecule has 1 aliphatic rings. The van der Waals surface area contributed by atoms with Gasteiger partial charge >= 0.3 is 0 Å². The second kappa shape index (κ2) is 8.63. The minimum Gasteiger partial charge on any atom is -0.494 e. The summed E-state index contributed by atoms with van der Waals surface area (Å²) in [6.07, 6.45) is 1.46. The Bertz CT molecular complexity index is 1100. The third kappa shape index (κ3) is 3.90. The van der Waals surface area contributed by atoms with Gasteiger partial charge in [-0.1, -0.05) is 5.16 Å². The van der Waals surface area contributed by atoms with Gasteiger partial charge in [-0.25, -0.2) is 4.39 Å². The van der Waals surface area contributed by atoms with Gasteiger partial charge in [-0.15, -0.1) is 0 Å². The Morgan fingerprint density at radius 3 is 2.52 bits per heavy atom. The summed E-state index contributed by atoms with van der Waals surface area (Å²) in [5.74, 6) is 1.06. The molecule has 0 saturated carbocycles. The van der Waals surface area contributed by atoms with E-state index < -0.39 is 5.82 Å². The molecule has 31 heavy (non-hydrogen) atoms. The second-order valence-electron chi connectivity index (χ2n) is 7.03. The number of methoxy groups -OCH3 is 3. The summed E-state index contributed by atoms with van der Waals surface area (Å²) in [5, 5.41) is 4.07. The molecule has 1 amide bonds. The van der Waals surface area contributed by atoms with Gasteiger partial charge in [0.1, 0.15) is 6.04 Å². The van der Waals surface area contributed by atoms with Crippen molar-refractivity contribution < 1.29 is 27.9 Å². The molecule has 2 aromatic carbocycles. The molecule has 3 aromatic rings. The maximum Gasteiger partial charge on any atom is 0.254 e. The van der Waals surface area contributed by atoms with Crippen molar-refractivity contribution in [2.45, 2.75) is 18.9 Å². The van der Waals surface area contributed by atoms with Crippen LogP contribution in [0.15, 0.2) is 40.9 Å². The Hall–Kier alpha value is -3.62. The van der Waals surface area contributed by atoms with E-state index >= 15 is 0 Å². The average molecular weight is 427 g/mol. The average Bonchev–Trinajstić information content (AvgIpc) is 3.47. The van der Waals surface area contributed by atoms with E-state index in [4.69, 9.17) is 18.7 Å². The van der Waals surface area contributed by atoms with E-state index in [9.17, 15) is 9.18 Å². The molecule has 9 heteroatoms. The fourth-order valence-corrected chi connectivity index (χ4v) is 3.69. The van der Waals surface area contributed by atoms with Crippen LogP contribution in [0.4, 0.5) is 4.39 Å². The largest absolute Gasteiger partial charge is 0.494 e. The van der Waals surface area contributed by atoms with E-state index in [1.165, 1.54) is 19.2 Å². The van der Waals surface area contributed by atoms with Gasteiger partial charge in [0.05, 0.1) is 21.3 Å². The topological polar surface area (TPSA) is 86.9 Å². The van der Waals surface area contributed by atoms with Crippen molar-refractivity contribution in [2.75, 3.05) is 27.9 Å². The van der Waals surface area contributed by atoms with Crippen molar-refractivity contribution in [1.82, 2.24) is 15.0 Å². The van der Waals surface area contributed by atoms with Crippen molar-refractivity contribution in [3.05, 3.63) is 53.7 Å². The molecule has 8 nitrogen and oxygen atoms in total. The molecule has 1 saturated heterocycles. The molecule has 1 aromatic heterocycles. The molecular formula is C22H22FN3O5. The minimum absolute atomic E-state index is 0.0889. The summed E-state index contributed by atoms with van der Waals surface area (Å²) < 4.78 is 35.1. The molecule has 1 fully saturated rings. The maximum absolute atomic E-state index is 14.1. The second-order valence-corrected chi connectivity index (χ2v) is 7.03. The number of hydrogen-bond acceptors (Lipinski definition) is 7. The Morgan fingerprint density at radius 2 is 1.81 bits per heavy atom. The number of hydrogen-bond donors (Lipinski definition) is 0. The first-order chi connectivity index (χ1) is 15.0. The van der Waals surface area contributed by atoms with Gasteiger partial charge in [0, 0.05) is 17.7 Å². The Labute approximate surface area is 178 Å². The quantitative estimate of drug-likeness (QED) is 0.590. The number of amides is 1. The highest BCUT2D eigenvalue weighted by Gasteiger charge is 2.35. The number of rotatable bonds is 6. The molecule has 2 heterocycles. The van der Waals surface area contributed by atoms with Gasteiger partial charge in [-0.2, -0.15) is 4.98 Å². The standard InChI is InChI=1S/C22H22FN3O5/c1-28-17-8-7-14(11-15(17)23)22(27)26-10-4-5-16(26)21-24-20(25-31-21)13-6-9-18(29-2)19(12-13)30-3/h6-9,11-12,16H,4-5,10H2,1-3H3/t16-/m1/s1. The molecule has 1 atom stereocenters. The van der Waals surface area contributed by atoms with Crippen LogP contribution in [0.5, 0.6) is 17.2 Å². The zero-order valence-corrected chi connectivity index (χ0v) is 17.4. The summed E-state index contributed by atoms with van der Waals surface area (Å²) in [7, 11) is 4.49. The van der Waals surface area contributed by atoms with Gasteiger partial charge in [-0.3, -0.25) is 4.79 Å². The number of nitrogens with zero attached hydrogens (tertiary/aromatic N) is 3. The van der Waals surface area contributed by atoms with Gasteiger partial charge in [-0.05, 0) is 49.2 Å². The normalized spacial score (nSPS) is 15.7. The SMILES string of the molecule is COc1ccc(C(=O)N2CCC[C@@H]2c2nc(-c3ccc(OC)c(OC)c3)no2)cc1F. The van der Waals surface area contributed by atoms with Crippen LogP contribution in [0.25, 0.3) is 11.4 Å². The zero-order valence-electron chi connectivity index (χ0n) is 17.4. The number of carbonyl (C=O) groups excluding carboxylic acids is 1. The molecule has 0 radical (unpaired) electrons. The summed E-state index contributed by atoms with van der Waals surface area (Å²) >= 11 is 0. The lowest BCUT2D eigenvalue weighted by atomic mass is 10.1. The Morgan fingerprint density at radius 1 is 1.06 bits per heavy atom. The van der Waals surface area contributed by atoms with Gasteiger partial charge in [0.2, 0.25) is 11.7 Å². The molecule has 1 aliphatic heterocycles. The number of likely N-dealkylation sites (tertiary alicyclic amines) is 1. The van der Waals surface area contributed by atoms with Gasteiger partial charge in [0.15, 0.2) is 23.1 Å². The first kappa shape index (κ1) is 20.6. The fraction of sp³-hybridized carbons (Fsp3) is 0.318. The predicted molar refractivity (Wildman–Crippen MR) is 109 cm³/mol. The first-order valence-electron chi connectivity index (χ1n) is 9.76. The molecule has 162 valence electrons. The van der Waals surface area contributed by atoms with Gasteiger partial charge in [0.25, 0.3) is 5.91 Å². The number of benzene rings is 2. The summed E-state index contributed by atoms with van der Waals surface area (Å²) in [6.45, 7) is 0.519. The van der Waals surface area contributed by atoms with E-state index in [0.29, 0.717) is 41.7 Å². The van der Waals surface area contributed by atoms with Crippen LogP contribution in [-0.4, -0.2) is 48.8 Å². The van der Waals surface area contributed by atoms with Gasteiger partial charge < -0.3 is 23.6 Å². The molecule has 0 aliphatic carbocycles. The van der Waals surface area contributed by atoms with E-state index in [-0.39, 0.29) is 23.3 Å².